The van der Waals surface area contributed by atoms with Gasteiger partial charge in [0.25, 0.3) is 0 Å². The first-order valence-corrected chi connectivity index (χ1v) is 13.4. The maximum atomic E-state index is 14.3. The molecule has 0 aliphatic carbocycles. The fraction of sp³-hybridized carbons (Fsp3) is 0.367. The number of likely N-dealkylation sites (N-methyl/N-ethyl adjacent to an activating group) is 1. The Morgan fingerprint density at radius 1 is 1.21 bits per heavy atom. The molecule has 9 heteroatoms. The number of hydrazone groups is 1. The van der Waals surface area contributed by atoms with Crippen LogP contribution in [-0.2, 0) is 9.53 Å². The van der Waals surface area contributed by atoms with E-state index in [1.54, 1.807) is 29.3 Å². The number of hydrogen-bond donors (Lipinski definition) is 1. The lowest BCUT2D eigenvalue weighted by atomic mass is 9.78. The van der Waals surface area contributed by atoms with Crippen LogP contribution in [0.1, 0.15) is 40.9 Å². The van der Waals surface area contributed by atoms with E-state index in [4.69, 9.17) is 25.9 Å². The van der Waals surface area contributed by atoms with Crippen LogP contribution >= 0.6 is 11.6 Å². The molecule has 2 aromatic carbocycles. The number of carbonyl (C=O) groups excluding carboxylic acids is 1. The van der Waals surface area contributed by atoms with E-state index in [1.165, 1.54) is 0 Å². The van der Waals surface area contributed by atoms with Crippen LogP contribution in [0.25, 0.3) is 0 Å². The number of hydrogen-bond acceptors (Lipinski definition) is 7. The second kappa shape index (κ2) is 10.9. The third-order valence-corrected chi connectivity index (χ3v) is 7.75. The van der Waals surface area contributed by atoms with Crippen LogP contribution in [-0.4, -0.2) is 61.5 Å². The van der Waals surface area contributed by atoms with Crippen molar-refractivity contribution in [3.05, 3.63) is 87.8 Å². The monoisotopic (exact) mass is 545 g/mol. The van der Waals surface area contributed by atoms with Gasteiger partial charge >= 0.3 is 0 Å². The highest BCUT2D eigenvalue weighted by Crippen LogP contribution is 2.46. The molecule has 2 aliphatic heterocycles. The molecule has 1 N–H and O–H groups in total. The number of amides is 1. The van der Waals surface area contributed by atoms with Crippen molar-refractivity contribution < 1.29 is 13.9 Å². The molecule has 1 amide bonds. The maximum absolute atomic E-state index is 14.3. The number of nitrogens with zero attached hydrogens (tertiary/aromatic N) is 4. The van der Waals surface area contributed by atoms with Gasteiger partial charge in [-0.2, -0.15) is 10.4 Å². The van der Waals surface area contributed by atoms with Crippen molar-refractivity contribution in [2.45, 2.75) is 38.3 Å². The predicted molar refractivity (Wildman–Crippen MR) is 151 cm³/mol. The number of nitriles is 1. The molecule has 202 valence electrons. The second-order valence-electron chi connectivity index (χ2n) is 10.5. The Labute approximate surface area is 233 Å². The fourth-order valence-corrected chi connectivity index (χ4v) is 5.60. The first kappa shape index (κ1) is 26.9. The number of rotatable bonds is 6. The molecule has 8 nitrogen and oxygen atoms in total. The number of halogens is 1. The summed E-state index contributed by atoms with van der Waals surface area (Å²) in [5, 5.41) is 19.6. The first-order valence-electron chi connectivity index (χ1n) is 13.0. The maximum Gasteiger partial charge on any atom is 0.249 e. The Balaban J connectivity index is 1.61. The van der Waals surface area contributed by atoms with E-state index in [0.29, 0.717) is 30.2 Å². The van der Waals surface area contributed by atoms with Gasteiger partial charge in [0, 0.05) is 19.6 Å². The number of morpholine rings is 1. The van der Waals surface area contributed by atoms with Crippen LogP contribution in [0.5, 0.6) is 0 Å². The van der Waals surface area contributed by atoms with Gasteiger partial charge in [0.05, 0.1) is 41.7 Å². The Hall–Kier alpha value is -3.64. The van der Waals surface area contributed by atoms with Crippen LogP contribution in [0.4, 0.5) is 5.69 Å². The summed E-state index contributed by atoms with van der Waals surface area (Å²) in [5.41, 5.74) is 3.70. The van der Waals surface area contributed by atoms with Crippen LogP contribution in [0.15, 0.2) is 64.1 Å². The Morgan fingerprint density at radius 3 is 2.62 bits per heavy atom. The quantitative estimate of drug-likeness (QED) is 0.485. The molecule has 3 aromatic rings. The summed E-state index contributed by atoms with van der Waals surface area (Å²) >= 11 is 6.24. The van der Waals surface area contributed by atoms with Gasteiger partial charge in [-0.25, -0.2) is 5.01 Å². The van der Waals surface area contributed by atoms with E-state index >= 15 is 0 Å². The van der Waals surface area contributed by atoms with E-state index in [2.05, 4.69) is 22.4 Å². The molecule has 0 saturated carbocycles. The van der Waals surface area contributed by atoms with Gasteiger partial charge in [-0.3, -0.25) is 4.79 Å². The molecular formula is C30H32ClN5O3. The van der Waals surface area contributed by atoms with Crippen LogP contribution in [0, 0.1) is 25.2 Å². The Kier molecular flexibility index (Phi) is 7.50. The van der Waals surface area contributed by atoms with Crippen molar-refractivity contribution in [1.29, 1.82) is 5.26 Å². The Morgan fingerprint density at radius 2 is 1.97 bits per heavy atom. The molecule has 1 fully saturated rings. The highest BCUT2D eigenvalue weighted by Gasteiger charge is 2.56. The summed E-state index contributed by atoms with van der Waals surface area (Å²) in [6.07, 6.45) is -0.109. The zero-order chi connectivity index (χ0) is 27.7. The van der Waals surface area contributed by atoms with E-state index in [1.807, 2.05) is 52.1 Å². The molecular weight excluding hydrogens is 514 g/mol. The lowest BCUT2D eigenvalue weighted by Crippen LogP contribution is -2.58. The molecule has 3 unspecified atom stereocenters. The number of carbonyl (C=O) groups is 1. The normalized spacial score (nSPS) is 23.4. The van der Waals surface area contributed by atoms with Gasteiger partial charge in [-0.15, -0.1) is 0 Å². The van der Waals surface area contributed by atoms with Crippen molar-refractivity contribution in [3.63, 3.8) is 0 Å². The molecule has 3 heterocycles. The third-order valence-electron chi connectivity index (χ3n) is 7.54. The number of anilines is 1. The zero-order valence-corrected chi connectivity index (χ0v) is 23.3. The second-order valence-corrected chi connectivity index (χ2v) is 10.8. The minimum Gasteiger partial charge on any atom is -0.449 e. The molecule has 2 aliphatic rings. The van der Waals surface area contributed by atoms with Crippen molar-refractivity contribution in [1.82, 2.24) is 10.2 Å². The largest absolute Gasteiger partial charge is 0.449 e. The van der Waals surface area contributed by atoms with Gasteiger partial charge in [0.2, 0.25) is 5.91 Å². The number of furan rings is 1. The molecule has 39 heavy (non-hydrogen) atoms. The minimum atomic E-state index is -1.20. The molecule has 1 aromatic heterocycles. The van der Waals surface area contributed by atoms with E-state index in [9.17, 15) is 10.1 Å². The summed E-state index contributed by atoms with van der Waals surface area (Å²) in [6.45, 7) is 8.54. The highest BCUT2D eigenvalue weighted by molar-refractivity contribution is 6.28. The summed E-state index contributed by atoms with van der Waals surface area (Å²) in [7, 11) is 2.05. The molecule has 0 spiro atoms. The first-order chi connectivity index (χ1) is 18.7. The van der Waals surface area contributed by atoms with Crippen LogP contribution in [0.3, 0.4) is 0 Å². The number of aryl methyl sites for hydroxylation is 2. The van der Waals surface area contributed by atoms with Crippen LogP contribution < -0.4 is 10.3 Å². The standard InChI is InChI=1S/C30H32ClN5O3/c1-19-5-10-24(20(2)15-19)36-30(3,29(37)33-17-23-18-35(4)13-14-38-23)27(25-11-12-26(31)39-25)28(34-36)22-8-6-21(16-32)7-9-22/h5-12,15,23,27H,13-14,17-18H2,1-4H3,(H,33,37). The molecule has 0 bridgehead atoms. The predicted octanol–water partition coefficient (Wildman–Crippen LogP) is 4.64. The lowest BCUT2D eigenvalue weighted by Gasteiger charge is -2.38. The molecule has 5 rings (SSSR count). The topological polar surface area (TPSA) is 94.1 Å². The smallest absolute Gasteiger partial charge is 0.249 e. The SMILES string of the molecule is Cc1ccc(N2N=C(c3ccc(C#N)cc3)C(c3ccc(Cl)o3)C2(C)C(=O)NCC2CN(C)CCO2)c(C)c1. The third kappa shape index (κ3) is 5.18. The summed E-state index contributed by atoms with van der Waals surface area (Å²) in [4.78, 5) is 16.5. The molecule has 1 saturated heterocycles. The summed E-state index contributed by atoms with van der Waals surface area (Å²) in [6, 6.07) is 18.9. The van der Waals surface area contributed by atoms with Gasteiger partial charge in [0.1, 0.15) is 5.76 Å². The molecule has 3 atom stereocenters. The zero-order valence-electron chi connectivity index (χ0n) is 22.6. The number of benzene rings is 2. The minimum absolute atomic E-state index is 0.109. The lowest BCUT2D eigenvalue weighted by molar-refractivity contribution is -0.127. The van der Waals surface area contributed by atoms with Gasteiger partial charge < -0.3 is 19.4 Å². The average Bonchev–Trinajstić information content (AvgIpc) is 3.48. The molecule has 0 radical (unpaired) electrons. The van der Waals surface area contributed by atoms with Crippen molar-refractivity contribution in [2.75, 3.05) is 38.3 Å². The number of ether oxygens (including phenoxy) is 1. The average molecular weight is 546 g/mol. The highest BCUT2D eigenvalue weighted by atomic mass is 35.5. The van der Waals surface area contributed by atoms with E-state index < -0.39 is 11.5 Å². The Bertz CT molecular complexity index is 1440. The van der Waals surface area contributed by atoms with Gasteiger partial charge in [0.15, 0.2) is 10.8 Å². The van der Waals surface area contributed by atoms with Crippen molar-refractivity contribution in [2.24, 2.45) is 5.10 Å². The van der Waals surface area contributed by atoms with E-state index in [-0.39, 0.29) is 17.2 Å². The van der Waals surface area contributed by atoms with Gasteiger partial charge in [-0.1, -0.05) is 29.8 Å². The fourth-order valence-electron chi connectivity index (χ4n) is 5.44. The van der Waals surface area contributed by atoms with Crippen molar-refractivity contribution in [3.8, 4) is 6.07 Å². The van der Waals surface area contributed by atoms with Crippen LogP contribution in [0.2, 0.25) is 5.22 Å². The summed E-state index contributed by atoms with van der Waals surface area (Å²) in [5.74, 6) is -0.264. The van der Waals surface area contributed by atoms with E-state index in [0.717, 1.165) is 35.5 Å². The van der Waals surface area contributed by atoms with Gasteiger partial charge in [-0.05, 0) is 80.9 Å². The summed E-state index contributed by atoms with van der Waals surface area (Å²) < 4.78 is 11.9. The number of nitrogens with one attached hydrogen (secondary N) is 1. The van der Waals surface area contributed by atoms with Crippen molar-refractivity contribution >= 4 is 28.9 Å².